The first-order valence-electron chi connectivity index (χ1n) is 9.50. The summed E-state index contributed by atoms with van der Waals surface area (Å²) in [5.74, 6) is -0.0697. The molecule has 2 heterocycles. The van der Waals surface area contributed by atoms with Crippen molar-refractivity contribution in [2.24, 2.45) is 7.05 Å². The monoisotopic (exact) mass is 369 g/mol. The fraction of sp³-hybridized carbons (Fsp3) is 0.429. The molecule has 6 nitrogen and oxygen atoms in total. The van der Waals surface area contributed by atoms with Crippen molar-refractivity contribution in [2.45, 2.75) is 38.3 Å². The highest BCUT2D eigenvalue weighted by Crippen LogP contribution is 2.30. The van der Waals surface area contributed by atoms with E-state index >= 15 is 0 Å². The number of amides is 2. The molecule has 3 rings (SSSR count). The van der Waals surface area contributed by atoms with Gasteiger partial charge in [0.15, 0.2) is 0 Å². The van der Waals surface area contributed by atoms with Crippen molar-refractivity contribution in [1.82, 2.24) is 14.8 Å². The lowest BCUT2D eigenvalue weighted by Gasteiger charge is -2.30. The number of rotatable bonds is 5. The van der Waals surface area contributed by atoms with Gasteiger partial charge >= 0.3 is 6.09 Å². The van der Waals surface area contributed by atoms with Crippen LogP contribution in [0.25, 0.3) is 0 Å². The zero-order chi connectivity index (χ0) is 19.1. The molecule has 27 heavy (non-hydrogen) atoms. The average Bonchev–Trinajstić information content (AvgIpc) is 2.97. The highest BCUT2D eigenvalue weighted by molar-refractivity contribution is 5.82. The Labute approximate surface area is 160 Å². The van der Waals surface area contributed by atoms with Gasteiger partial charge in [0.25, 0.3) is 0 Å². The number of ether oxygens (including phenoxy) is 1. The molecule has 2 amide bonds. The van der Waals surface area contributed by atoms with Gasteiger partial charge in [0, 0.05) is 25.5 Å². The van der Waals surface area contributed by atoms with E-state index < -0.39 is 6.09 Å². The Bertz CT molecular complexity index is 757. The lowest BCUT2D eigenvalue weighted by atomic mass is 10.1. The Hall–Kier alpha value is -2.76. The van der Waals surface area contributed by atoms with Crippen LogP contribution in [0.3, 0.4) is 0 Å². The van der Waals surface area contributed by atoms with E-state index in [1.165, 1.54) is 0 Å². The highest BCUT2D eigenvalue weighted by atomic mass is 16.5. The van der Waals surface area contributed by atoms with E-state index in [1.54, 1.807) is 0 Å². The first-order chi connectivity index (χ1) is 13.1. The lowest BCUT2D eigenvalue weighted by molar-refractivity contribution is -0.132. The summed E-state index contributed by atoms with van der Waals surface area (Å²) in [6.07, 6.45) is 5.59. The molecule has 1 aliphatic heterocycles. The summed E-state index contributed by atoms with van der Waals surface area (Å²) in [5, 5.41) is 2.59. The van der Waals surface area contributed by atoms with Crippen molar-refractivity contribution in [3.8, 4) is 0 Å². The topological polar surface area (TPSA) is 63.6 Å². The number of nitrogens with one attached hydrogen (secondary N) is 1. The molecule has 1 aliphatic rings. The number of aromatic nitrogens is 1. The Kier molecular flexibility index (Phi) is 6.52. The molecular weight excluding hydrogens is 342 g/mol. The summed E-state index contributed by atoms with van der Waals surface area (Å²) < 4.78 is 7.25. The molecule has 1 aromatic carbocycles. The summed E-state index contributed by atoms with van der Waals surface area (Å²) in [5.41, 5.74) is 2.05. The van der Waals surface area contributed by atoms with E-state index in [9.17, 15) is 9.59 Å². The third-order valence-electron chi connectivity index (χ3n) is 5.00. The first-order valence-corrected chi connectivity index (χ1v) is 9.50. The van der Waals surface area contributed by atoms with Gasteiger partial charge in [-0.05, 0) is 30.5 Å². The predicted octanol–water partition coefficient (Wildman–Crippen LogP) is 3.40. The number of likely N-dealkylation sites (tertiary alicyclic amines) is 1. The van der Waals surface area contributed by atoms with Gasteiger partial charge in [0.2, 0.25) is 5.91 Å². The molecular formula is C21H27N3O3. The maximum atomic E-state index is 12.8. The molecule has 1 atom stereocenters. The van der Waals surface area contributed by atoms with Crippen LogP contribution in [0.4, 0.5) is 4.79 Å². The largest absolute Gasteiger partial charge is 0.445 e. The molecule has 0 bridgehead atoms. The van der Waals surface area contributed by atoms with Crippen molar-refractivity contribution in [3.63, 3.8) is 0 Å². The minimum atomic E-state index is -0.572. The number of carbonyl (C=O) groups is 2. The maximum Gasteiger partial charge on any atom is 0.407 e. The van der Waals surface area contributed by atoms with Crippen LogP contribution in [0.1, 0.15) is 43.0 Å². The van der Waals surface area contributed by atoms with Gasteiger partial charge in [0.1, 0.15) is 13.2 Å². The molecule has 0 aliphatic carbocycles. The molecule has 0 radical (unpaired) electrons. The minimum absolute atomic E-state index is 0.0471. The van der Waals surface area contributed by atoms with Gasteiger partial charge in [0.05, 0.1) is 6.04 Å². The zero-order valence-electron chi connectivity index (χ0n) is 15.8. The first kappa shape index (κ1) is 19.0. The Balaban J connectivity index is 1.55. The van der Waals surface area contributed by atoms with Crippen LogP contribution in [-0.2, 0) is 23.2 Å². The van der Waals surface area contributed by atoms with Crippen LogP contribution in [-0.4, -0.2) is 34.6 Å². The Morgan fingerprint density at radius 3 is 2.67 bits per heavy atom. The van der Waals surface area contributed by atoms with Crippen molar-refractivity contribution >= 4 is 12.0 Å². The van der Waals surface area contributed by atoms with Crippen molar-refractivity contribution < 1.29 is 14.3 Å². The molecule has 1 N–H and O–H groups in total. The second-order valence-electron chi connectivity index (χ2n) is 6.91. The number of aryl methyl sites for hydroxylation is 1. The number of hydrogen-bond acceptors (Lipinski definition) is 3. The molecule has 1 aromatic heterocycles. The van der Waals surface area contributed by atoms with Crippen LogP contribution in [0.5, 0.6) is 0 Å². The van der Waals surface area contributed by atoms with E-state index in [1.807, 2.05) is 54.5 Å². The highest BCUT2D eigenvalue weighted by Gasteiger charge is 2.28. The van der Waals surface area contributed by atoms with Gasteiger partial charge in [-0.3, -0.25) is 4.79 Å². The van der Waals surface area contributed by atoms with Crippen LogP contribution in [0.15, 0.2) is 48.7 Å². The molecule has 6 heteroatoms. The van der Waals surface area contributed by atoms with E-state index in [0.717, 1.165) is 43.5 Å². The normalized spacial score (nSPS) is 17.2. The number of nitrogens with zero attached hydrogens (tertiary/aromatic N) is 2. The second kappa shape index (κ2) is 9.26. The van der Waals surface area contributed by atoms with Crippen LogP contribution < -0.4 is 5.32 Å². The fourth-order valence-electron chi connectivity index (χ4n) is 3.56. The standard InChI is InChI=1S/C21H27N3O3/c1-23-13-8-12-18(23)19-11-6-3-7-14-24(19)20(25)15-22-21(26)27-16-17-9-4-2-5-10-17/h2,4-5,8-10,12-13,19H,3,6-7,11,14-16H2,1H3,(H,22,26)/t19-/m1/s1. The van der Waals surface area contributed by atoms with Crippen LogP contribution >= 0.6 is 0 Å². The summed E-state index contributed by atoms with van der Waals surface area (Å²) in [4.78, 5) is 26.6. The van der Waals surface area contributed by atoms with E-state index in [-0.39, 0.29) is 25.1 Å². The minimum Gasteiger partial charge on any atom is -0.445 e. The zero-order valence-corrected chi connectivity index (χ0v) is 15.8. The predicted molar refractivity (Wildman–Crippen MR) is 103 cm³/mol. The van der Waals surface area contributed by atoms with Crippen molar-refractivity contribution in [1.29, 1.82) is 0 Å². The number of carbonyl (C=O) groups excluding carboxylic acids is 2. The quantitative estimate of drug-likeness (QED) is 0.879. The number of hydrogen-bond donors (Lipinski definition) is 1. The summed E-state index contributed by atoms with van der Waals surface area (Å²) in [6.45, 7) is 0.862. The van der Waals surface area contributed by atoms with Gasteiger partial charge in [-0.1, -0.05) is 43.2 Å². The Morgan fingerprint density at radius 2 is 1.93 bits per heavy atom. The van der Waals surface area contributed by atoms with Gasteiger partial charge in [-0.2, -0.15) is 0 Å². The number of alkyl carbamates (subject to hydrolysis) is 1. The molecule has 1 fully saturated rings. The Morgan fingerprint density at radius 1 is 1.11 bits per heavy atom. The third kappa shape index (κ3) is 5.12. The summed E-state index contributed by atoms with van der Waals surface area (Å²) in [7, 11) is 2.00. The SMILES string of the molecule is Cn1cccc1[C@H]1CCCCCN1C(=O)CNC(=O)OCc1ccccc1. The van der Waals surface area contributed by atoms with Crippen LogP contribution in [0.2, 0.25) is 0 Å². The van der Waals surface area contributed by atoms with Gasteiger partial charge in [-0.25, -0.2) is 4.79 Å². The van der Waals surface area contributed by atoms with E-state index in [4.69, 9.17) is 4.74 Å². The molecule has 2 aromatic rings. The molecule has 144 valence electrons. The molecule has 0 saturated carbocycles. The van der Waals surface area contributed by atoms with Crippen LogP contribution in [0, 0.1) is 0 Å². The van der Waals surface area contributed by atoms with Gasteiger partial charge < -0.3 is 19.5 Å². The van der Waals surface area contributed by atoms with Gasteiger partial charge in [-0.15, -0.1) is 0 Å². The molecule has 0 spiro atoms. The van der Waals surface area contributed by atoms with E-state index in [2.05, 4.69) is 16.0 Å². The molecule has 1 saturated heterocycles. The fourth-order valence-corrected chi connectivity index (χ4v) is 3.56. The average molecular weight is 369 g/mol. The number of benzene rings is 1. The third-order valence-corrected chi connectivity index (χ3v) is 5.00. The lowest BCUT2D eigenvalue weighted by Crippen LogP contribution is -2.42. The second-order valence-corrected chi connectivity index (χ2v) is 6.91. The maximum absolute atomic E-state index is 12.8. The smallest absolute Gasteiger partial charge is 0.407 e. The van der Waals surface area contributed by atoms with E-state index in [0.29, 0.717) is 0 Å². The van der Waals surface area contributed by atoms with Crippen molar-refractivity contribution in [2.75, 3.05) is 13.1 Å². The molecule has 0 unspecified atom stereocenters. The van der Waals surface area contributed by atoms with Crippen molar-refractivity contribution in [3.05, 3.63) is 59.9 Å². The summed E-state index contributed by atoms with van der Waals surface area (Å²) in [6, 6.07) is 13.6. The summed E-state index contributed by atoms with van der Waals surface area (Å²) >= 11 is 0.